The van der Waals surface area contributed by atoms with E-state index in [-0.39, 0.29) is 6.61 Å². The first-order valence-electron chi connectivity index (χ1n) is 5.83. The number of hydrogen-bond acceptors (Lipinski definition) is 2. The highest BCUT2D eigenvalue weighted by Gasteiger charge is 2.08. The Morgan fingerprint density at radius 2 is 2.19 bits per heavy atom. The Bertz CT molecular complexity index is 328. The maximum absolute atomic E-state index is 9.32. The van der Waals surface area contributed by atoms with Crippen LogP contribution in [0.15, 0.2) is 22.7 Å². The van der Waals surface area contributed by atoms with E-state index in [4.69, 9.17) is 0 Å². The van der Waals surface area contributed by atoms with Gasteiger partial charge in [-0.2, -0.15) is 0 Å². The van der Waals surface area contributed by atoms with Crippen LogP contribution in [0.5, 0.6) is 0 Å². The molecule has 0 spiro atoms. The molecule has 0 saturated carbocycles. The van der Waals surface area contributed by atoms with Crippen LogP contribution in [0.3, 0.4) is 0 Å². The van der Waals surface area contributed by atoms with Crippen molar-refractivity contribution in [2.75, 3.05) is 5.32 Å². The van der Waals surface area contributed by atoms with E-state index in [2.05, 4.69) is 35.1 Å². The summed E-state index contributed by atoms with van der Waals surface area (Å²) >= 11 is 3.45. The monoisotopic (exact) mass is 285 g/mol. The Morgan fingerprint density at radius 3 is 2.81 bits per heavy atom. The van der Waals surface area contributed by atoms with E-state index in [9.17, 15) is 5.11 Å². The zero-order valence-electron chi connectivity index (χ0n) is 9.96. The number of hydrogen-bond donors (Lipinski definition) is 2. The van der Waals surface area contributed by atoms with Crippen LogP contribution in [-0.4, -0.2) is 11.1 Å². The largest absolute Gasteiger partial charge is 0.392 e. The van der Waals surface area contributed by atoms with Gasteiger partial charge < -0.3 is 10.4 Å². The molecule has 0 aliphatic carbocycles. The fourth-order valence-corrected chi connectivity index (χ4v) is 2.19. The second-order valence-electron chi connectivity index (χ2n) is 4.11. The van der Waals surface area contributed by atoms with Crippen LogP contribution >= 0.6 is 15.9 Å². The highest BCUT2D eigenvalue weighted by atomic mass is 79.9. The van der Waals surface area contributed by atoms with Gasteiger partial charge in [0, 0.05) is 21.8 Å². The van der Waals surface area contributed by atoms with Gasteiger partial charge >= 0.3 is 0 Å². The normalized spacial score (nSPS) is 12.5. The molecule has 3 heteroatoms. The van der Waals surface area contributed by atoms with Gasteiger partial charge in [-0.3, -0.25) is 0 Å². The minimum absolute atomic E-state index is 0.0598. The number of aliphatic hydroxyl groups excluding tert-OH is 1. The first-order valence-corrected chi connectivity index (χ1v) is 6.63. The minimum atomic E-state index is 0.0598. The van der Waals surface area contributed by atoms with Gasteiger partial charge in [-0.25, -0.2) is 0 Å². The average molecular weight is 286 g/mol. The first kappa shape index (κ1) is 13.5. The molecular weight excluding hydrogens is 266 g/mol. The lowest BCUT2D eigenvalue weighted by molar-refractivity contribution is 0.281. The molecule has 1 aromatic rings. The topological polar surface area (TPSA) is 32.3 Å². The quantitative estimate of drug-likeness (QED) is 0.830. The van der Waals surface area contributed by atoms with Crippen LogP contribution in [0.25, 0.3) is 0 Å². The van der Waals surface area contributed by atoms with Crippen molar-refractivity contribution >= 4 is 21.6 Å². The molecular formula is C13H20BrNO. The van der Waals surface area contributed by atoms with Crippen molar-refractivity contribution in [3.05, 3.63) is 28.2 Å². The lowest BCUT2D eigenvalue weighted by Crippen LogP contribution is -2.16. The van der Waals surface area contributed by atoms with Gasteiger partial charge in [0.25, 0.3) is 0 Å². The van der Waals surface area contributed by atoms with Crippen LogP contribution in [-0.2, 0) is 6.61 Å². The Morgan fingerprint density at radius 1 is 1.44 bits per heavy atom. The molecule has 1 rings (SSSR count). The van der Waals surface area contributed by atoms with Crippen LogP contribution < -0.4 is 5.32 Å². The van der Waals surface area contributed by atoms with Gasteiger partial charge in [-0.05, 0) is 25.5 Å². The Labute approximate surface area is 106 Å². The van der Waals surface area contributed by atoms with Crippen molar-refractivity contribution in [1.29, 1.82) is 0 Å². The third-order valence-corrected chi connectivity index (χ3v) is 3.41. The molecule has 1 atom stereocenters. The van der Waals surface area contributed by atoms with Crippen molar-refractivity contribution < 1.29 is 5.11 Å². The summed E-state index contributed by atoms with van der Waals surface area (Å²) in [5, 5.41) is 12.8. The number of nitrogens with one attached hydrogen (secondary N) is 1. The summed E-state index contributed by atoms with van der Waals surface area (Å²) in [4.78, 5) is 0. The van der Waals surface area contributed by atoms with Gasteiger partial charge in [0.1, 0.15) is 0 Å². The number of halogens is 1. The van der Waals surface area contributed by atoms with Crippen LogP contribution in [0.1, 0.15) is 38.7 Å². The molecule has 0 heterocycles. The fraction of sp³-hybridized carbons (Fsp3) is 0.538. The Kier molecular flexibility index (Phi) is 5.85. The third-order valence-electron chi connectivity index (χ3n) is 2.67. The summed E-state index contributed by atoms with van der Waals surface area (Å²) in [6.07, 6.45) is 3.61. The van der Waals surface area contributed by atoms with Crippen molar-refractivity contribution in [1.82, 2.24) is 0 Å². The van der Waals surface area contributed by atoms with E-state index in [1.807, 2.05) is 18.2 Å². The molecule has 0 aliphatic heterocycles. The standard InChI is InChI=1S/C13H20BrNO/c1-3-4-6-10(2)15-13-8-5-7-12(14)11(13)9-16/h5,7-8,10,15-16H,3-4,6,9H2,1-2H3. The number of benzene rings is 1. The molecule has 2 nitrogen and oxygen atoms in total. The summed E-state index contributed by atoms with van der Waals surface area (Å²) in [5.41, 5.74) is 1.96. The van der Waals surface area contributed by atoms with Crippen LogP contribution in [0.2, 0.25) is 0 Å². The molecule has 0 radical (unpaired) electrons. The predicted octanol–water partition coefficient (Wildman–Crippen LogP) is 3.93. The van der Waals surface area contributed by atoms with Crippen molar-refractivity contribution in [2.45, 2.75) is 45.8 Å². The molecule has 1 aromatic carbocycles. The van der Waals surface area contributed by atoms with Crippen molar-refractivity contribution in [3.63, 3.8) is 0 Å². The highest BCUT2D eigenvalue weighted by Crippen LogP contribution is 2.25. The third kappa shape index (κ3) is 3.80. The summed E-state index contributed by atoms with van der Waals surface area (Å²) in [7, 11) is 0. The highest BCUT2D eigenvalue weighted by molar-refractivity contribution is 9.10. The fourth-order valence-electron chi connectivity index (χ4n) is 1.70. The van der Waals surface area contributed by atoms with Crippen molar-refractivity contribution in [2.24, 2.45) is 0 Å². The van der Waals surface area contributed by atoms with Gasteiger partial charge in [0.2, 0.25) is 0 Å². The van der Waals surface area contributed by atoms with E-state index in [1.54, 1.807) is 0 Å². The summed E-state index contributed by atoms with van der Waals surface area (Å²) < 4.78 is 0.961. The number of unbranched alkanes of at least 4 members (excludes halogenated alkanes) is 1. The molecule has 0 amide bonds. The summed E-state index contributed by atoms with van der Waals surface area (Å²) in [6.45, 7) is 4.44. The molecule has 16 heavy (non-hydrogen) atoms. The van der Waals surface area contributed by atoms with E-state index < -0.39 is 0 Å². The molecule has 90 valence electrons. The second kappa shape index (κ2) is 6.92. The van der Waals surface area contributed by atoms with Gasteiger partial charge in [-0.1, -0.05) is 41.8 Å². The molecule has 0 bridgehead atoms. The number of anilines is 1. The molecule has 0 saturated heterocycles. The first-order chi connectivity index (χ1) is 7.69. The lowest BCUT2D eigenvalue weighted by Gasteiger charge is -2.18. The molecule has 0 aromatic heterocycles. The number of aliphatic hydroxyl groups is 1. The van der Waals surface area contributed by atoms with Crippen molar-refractivity contribution in [3.8, 4) is 0 Å². The van der Waals surface area contributed by atoms with Crippen LogP contribution in [0.4, 0.5) is 5.69 Å². The Hall–Kier alpha value is -0.540. The SMILES string of the molecule is CCCCC(C)Nc1cccc(Br)c1CO. The van der Waals surface area contributed by atoms with Gasteiger partial charge in [0.15, 0.2) is 0 Å². The number of rotatable bonds is 6. The molecule has 2 N–H and O–H groups in total. The van der Waals surface area contributed by atoms with E-state index in [1.165, 1.54) is 12.8 Å². The minimum Gasteiger partial charge on any atom is -0.392 e. The molecule has 0 fully saturated rings. The van der Waals surface area contributed by atoms with E-state index in [0.717, 1.165) is 22.1 Å². The van der Waals surface area contributed by atoms with Crippen LogP contribution in [0, 0.1) is 0 Å². The molecule has 0 aliphatic rings. The summed E-state index contributed by atoms with van der Waals surface area (Å²) in [5.74, 6) is 0. The van der Waals surface area contributed by atoms with Gasteiger partial charge in [-0.15, -0.1) is 0 Å². The Balaban J connectivity index is 2.69. The lowest BCUT2D eigenvalue weighted by atomic mass is 10.1. The zero-order chi connectivity index (χ0) is 12.0. The summed E-state index contributed by atoms with van der Waals surface area (Å²) in [6, 6.07) is 6.39. The van der Waals surface area contributed by atoms with E-state index >= 15 is 0 Å². The maximum atomic E-state index is 9.32. The maximum Gasteiger partial charge on any atom is 0.0713 e. The smallest absolute Gasteiger partial charge is 0.0713 e. The predicted molar refractivity (Wildman–Crippen MR) is 72.7 cm³/mol. The second-order valence-corrected chi connectivity index (χ2v) is 4.97. The average Bonchev–Trinajstić information content (AvgIpc) is 2.27. The zero-order valence-corrected chi connectivity index (χ0v) is 11.5. The van der Waals surface area contributed by atoms with Gasteiger partial charge in [0.05, 0.1) is 6.61 Å². The van der Waals surface area contributed by atoms with E-state index in [0.29, 0.717) is 6.04 Å². The molecule has 1 unspecified atom stereocenters.